The smallest absolute Gasteiger partial charge is 0.316 e. The van der Waals surface area contributed by atoms with Crippen LogP contribution in [-0.2, 0) is 24.2 Å². The summed E-state index contributed by atoms with van der Waals surface area (Å²) in [7, 11) is -2.98. The van der Waals surface area contributed by atoms with Gasteiger partial charge in [0.1, 0.15) is 0 Å². The van der Waals surface area contributed by atoms with E-state index in [0.717, 1.165) is 0 Å². The second kappa shape index (κ2) is 8.37. The number of hydrogen-bond acceptors (Lipinski definition) is 7. The van der Waals surface area contributed by atoms with Crippen LogP contribution in [0.15, 0.2) is 12.3 Å². The number of nitrogens with zero attached hydrogens (tertiary/aromatic N) is 1. The van der Waals surface area contributed by atoms with Gasteiger partial charge in [-0.25, -0.2) is 13.4 Å². The minimum atomic E-state index is -2.98. The number of hydrogen-bond donors (Lipinski definition) is 1. The van der Waals surface area contributed by atoms with E-state index in [-0.39, 0.29) is 33.3 Å². The van der Waals surface area contributed by atoms with Crippen molar-refractivity contribution in [2.24, 2.45) is 0 Å². The molecule has 1 aliphatic rings. The van der Waals surface area contributed by atoms with Gasteiger partial charge in [0.25, 0.3) is 5.91 Å². The summed E-state index contributed by atoms with van der Waals surface area (Å²) < 4.78 is 27.5. The Balaban J connectivity index is 1.70. The summed E-state index contributed by atoms with van der Waals surface area (Å²) in [4.78, 5) is 27.1. The third kappa shape index (κ3) is 6.12. The molecule has 2 rings (SSSR count). The summed E-state index contributed by atoms with van der Waals surface area (Å²) in [5.41, 5.74) is 0. The number of thioether (sulfide) groups is 1. The number of esters is 1. The average molecular weight is 413 g/mol. The predicted octanol–water partition coefficient (Wildman–Crippen LogP) is 1.79. The van der Waals surface area contributed by atoms with Crippen LogP contribution in [0.25, 0.3) is 0 Å². The van der Waals surface area contributed by atoms with Crippen molar-refractivity contribution in [2.45, 2.75) is 11.7 Å². The number of aromatic nitrogens is 1. The Labute approximate surface area is 153 Å². The first-order valence-corrected chi connectivity index (χ1v) is 10.5. The van der Waals surface area contributed by atoms with Gasteiger partial charge in [0.2, 0.25) is 0 Å². The first-order chi connectivity index (χ1) is 11.2. The molecular weight excluding hydrogens is 399 g/mol. The van der Waals surface area contributed by atoms with Gasteiger partial charge in [0.05, 0.1) is 27.3 Å². The van der Waals surface area contributed by atoms with Crippen molar-refractivity contribution in [3.8, 4) is 0 Å². The Kier molecular flexibility index (Phi) is 6.73. The number of carbonyl (C=O) groups excluding carboxylic acids is 2. The van der Waals surface area contributed by atoms with Gasteiger partial charge >= 0.3 is 5.97 Å². The molecule has 11 heteroatoms. The number of ether oxygens (including phenoxy) is 1. The number of sulfone groups is 1. The fourth-order valence-electron chi connectivity index (χ4n) is 1.94. The third-order valence-corrected chi connectivity index (χ3v) is 6.81. The lowest BCUT2D eigenvalue weighted by Gasteiger charge is -2.09. The molecule has 0 aliphatic carbocycles. The summed E-state index contributed by atoms with van der Waals surface area (Å²) >= 11 is 12.8. The predicted molar refractivity (Wildman–Crippen MR) is 93.4 cm³/mol. The van der Waals surface area contributed by atoms with Crippen molar-refractivity contribution in [1.82, 2.24) is 4.98 Å². The number of halogens is 2. The fourth-order valence-corrected chi connectivity index (χ4v) is 5.81. The highest BCUT2D eigenvalue weighted by atomic mass is 35.5. The Morgan fingerprint density at radius 3 is 2.79 bits per heavy atom. The molecule has 1 fully saturated rings. The molecule has 0 bridgehead atoms. The SMILES string of the molecule is O=C(COC(=O)CS[C@@H]1CCS(=O)(=O)C1)Nc1ncc(Cl)cc1Cl. The molecule has 0 unspecified atom stereocenters. The summed E-state index contributed by atoms with van der Waals surface area (Å²) in [6.45, 7) is -0.483. The van der Waals surface area contributed by atoms with Gasteiger partial charge in [-0.3, -0.25) is 9.59 Å². The third-order valence-electron chi connectivity index (χ3n) is 3.06. The van der Waals surface area contributed by atoms with E-state index in [9.17, 15) is 18.0 Å². The maximum Gasteiger partial charge on any atom is 0.316 e. The molecule has 7 nitrogen and oxygen atoms in total. The lowest BCUT2D eigenvalue weighted by molar-refractivity contribution is -0.144. The molecule has 0 spiro atoms. The Bertz CT molecular complexity index is 742. The highest BCUT2D eigenvalue weighted by Crippen LogP contribution is 2.24. The first kappa shape index (κ1) is 19.3. The van der Waals surface area contributed by atoms with Crippen LogP contribution in [0.4, 0.5) is 5.82 Å². The molecule has 132 valence electrons. The number of carbonyl (C=O) groups is 2. The molecule has 1 aromatic heterocycles. The van der Waals surface area contributed by atoms with E-state index in [4.69, 9.17) is 27.9 Å². The number of nitrogens with one attached hydrogen (secondary N) is 1. The molecule has 1 saturated heterocycles. The minimum absolute atomic E-state index is 0.00653. The topological polar surface area (TPSA) is 102 Å². The van der Waals surface area contributed by atoms with Crippen LogP contribution in [0.3, 0.4) is 0 Å². The Hall–Kier alpha value is -1.03. The van der Waals surface area contributed by atoms with Gasteiger partial charge in [-0.15, -0.1) is 11.8 Å². The van der Waals surface area contributed by atoms with Crippen molar-refractivity contribution >= 4 is 62.5 Å². The van der Waals surface area contributed by atoms with Crippen LogP contribution in [0.2, 0.25) is 10.0 Å². The van der Waals surface area contributed by atoms with E-state index in [0.29, 0.717) is 11.4 Å². The van der Waals surface area contributed by atoms with E-state index in [1.165, 1.54) is 24.0 Å². The standard InChI is InChI=1S/C13H14Cl2N2O5S2/c14-8-3-10(15)13(16-4-8)17-11(18)5-22-12(19)6-23-9-1-2-24(20,21)7-9/h3-4,9H,1-2,5-7H2,(H,16,17,18)/t9-/m1/s1. The lowest BCUT2D eigenvalue weighted by Crippen LogP contribution is -2.22. The number of amides is 1. The molecule has 0 radical (unpaired) electrons. The highest BCUT2D eigenvalue weighted by molar-refractivity contribution is 8.02. The molecule has 1 aliphatic heterocycles. The molecule has 0 saturated carbocycles. The molecular formula is C13H14Cl2N2O5S2. The monoisotopic (exact) mass is 412 g/mol. The summed E-state index contributed by atoms with van der Waals surface area (Å²) in [6.07, 6.45) is 1.85. The number of pyridine rings is 1. The Morgan fingerprint density at radius 1 is 1.42 bits per heavy atom. The van der Waals surface area contributed by atoms with Crippen molar-refractivity contribution in [3.63, 3.8) is 0 Å². The van der Waals surface area contributed by atoms with Gasteiger partial charge in [0.15, 0.2) is 22.3 Å². The quantitative estimate of drug-likeness (QED) is 0.710. The molecule has 2 heterocycles. The van der Waals surface area contributed by atoms with Crippen molar-refractivity contribution in [2.75, 3.05) is 29.2 Å². The molecule has 24 heavy (non-hydrogen) atoms. The zero-order valence-corrected chi connectivity index (χ0v) is 15.5. The van der Waals surface area contributed by atoms with E-state index < -0.39 is 28.3 Å². The minimum Gasteiger partial charge on any atom is -0.455 e. The van der Waals surface area contributed by atoms with Crippen LogP contribution in [-0.4, -0.2) is 54.4 Å². The van der Waals surface area contributed by atoms with Gasteiger partial charge in [-0.1, -0.05) is 23.2 Å². The van der Waals surface area contributed by atoms with Crippen LogP contribution < -0.4 is 5.32 Å². The maximum absolute atomic E-state index is 11.7. The second-order valence-corrected chi connectivity index (χ2v) is 9.39. The summed E-state index contributed by atoms with van der Waals surface area (Å²) in [6, 6.07) is 1.42. The molecule has 1 atom stereocenters. The van der Waals surface area contributed by atoms with Crippen LogP contribution in [0.1, 0.15) is 6.42 Å². The normalized spacial score (nSPS) is 19.0. The van der Waals surface area contributed by atoms with Crippen molar-refractivity contribution in [1.29, 1.82) is 0 Å². The second-order valence-electron chi connectivity index (χ2n) is 5.03. The van der Waals surface area contributed by atoms with Gasteiger partial charge in [0, 0.05) is 11.4 Å². The van der Waals surface area contributed by atoms with E-state index in [2.05, 4.69) is 10.3 Å². The van der Waals surface area contributed by atoms with Gasteiger partial charge in [-0.05, 0) is 12.5 Å². The maximum atomic E-state index is 11.7. The largest absolute Gasteiger partial charge is 0.455 e. The molecule has 1 aromatic rings. The summed E-state index contributed by atoms with van der Waals surface area (Å²) in [5.74, 6) is -0.841. The lowest BCUT2D eigenvalue weighted by atomic mass is 10.4. The van der Waals surface area contributed by atoms with E-state index >= 15 is 0 Å². The molecule has 1 N–H and O–H groups in total. The van der Waals surface area contributed by atoms with Crippen LogP contribution in [0.5, 0.6) is 0 Å². The highest BCUT2D eigenvalue weighted by Gasteiger charge is 2.28. The molecule has 1 amide bonds. The van der Waals surface area contributed by atoms with Gasteiger partial charge < -0.3 is 10.1 Å². The molecule has 0 aromatic carbocycles. The average Bonchev–Trinajstić information content (AvgIpc) is 2.85. The zero-order valence-electron chi connectivity index (χ0n) is 12.3. The van der Waals surface area contributed by atoms with Crippen LogP contribution in [0, 0.1) is 0 Å². The first-order valence-electron chi connectivity index (χ1n) is 6.84. The van der Waals surface area contributed by atoms with Crippen molar-refractivity contribution < 1.29 is 22.7 Å². The number of rotatable bonds is 6. The number of anilines is 1. The van der Waals surface area contributed by atoms with E-state index in [1.54, 1.807) is 0 Å². The van der Waals surface area contributed by atoms with Gasteiger partial charge in [-0.2, -0.15) is 0 Å². The zero-order chi connectivity index (χ0) is 17.7. The van der Waals surface area contributed by atoms with Crippen LogP contribution >= 0.6 is 35.0 Å². The fraction of sp³-hybridized carbons (Fsp3) is 0.462. The van der Waals surface area contributed by atoms with Crippen molar-refractivity contribution in [3.05, 3.63) is 22.3 Å². The van der Waals surface area contributed by atoms with E-state index in [1.807, 2.05) is 0 Å². The summed E-state index contributed by atoms with van der Waals surface area (Å²) in [5, 5.41) is 2.79. The Morgan fingerprint density at radius 2 is 2.17 bits per heavy atom.